The summed E-state index contributed by atoms with van der Waals surface area (Å²) in [5, 5.41) is 0. The molecule has 7 nitrogen and oxygen atoms in total. The zero-order valence-corrected chi connectivity index (χ0v) is 20.9. The van der Waals surface area contributed by atoms with Crippen LogP contribution in [0.4, 0.5) is 4.39 Å². The quantitative estimate of drug-likeness (QED) is 0.431. The molecule has 0 radical (unpaired) electrons. The third kappa shape index (κ3) is 5.15. The van der Waals surface area contributed by atoms with Crippen LogP contribution in [0.5, 0.6) is 5.75 Å². The molecule has 1 aliphatic rings. The lowest BCUT2D eigenvalue weighted by atomic mass is 9.98. The van der Waals surface area contributed by atoms with Gasteiger partial charge in [-0.05, 0) is 81.0 Å². The number of esters is 1. The normalized spacial score (nSPS) is 15.2. The maximum Gasteiger partial charge on any atom is 0.309 e. The average Bonchev–Trinajstić information content (AvgIpc) is 2.81. The van der Waals surface area contributed by atoms with E-state index < -0.39 is 40.1 Å². The number of aryl methyl sites for hydroxylation is 2. The maximum atomic E-state index is 13.5. The number of halogens is 1. The van der Waals surface area contributed by atoms with Crippen molar-refractivity contribution in [3.8, 4) is 5.75 Å². The lowest BCUT2D eigenvalue weighted by Gasteiger charge is -2.31. The van der Waals surface area contributed by atoms with E-state index >= 15 is 0 Å². The summed E-state index contributed by atoms with van der Waals surface area (Å²) in [5.74, 6) is -2.07. The Kier molecular flexibility index (Phi) is 7.77. The SMILES string of the molecule is COc1ccc(F)cc1C(=O)COC(=O)C1CCN(S(=O)(=O)c2c(C)c(C)cc(C)c2C)CC1. The standard InChI is InChI=1S/C25H30FNO6S/c1-15-12-16(2)18(4)24(17(15)3)34(30,31)27-10-8-19(9-11-27)25(29)33-14-22(28)21-13-20(26)6-7-23(21)32-5/h6-7,12-13,19H,8-11,14H2,1-5H3. The number of sulfonamides is 1. The van der Waals surface area contributed by atoms with Crippen molar-refractivity contribution in [2.45, 2.75) is 45.4 Å². The van der Waals surface area contributed by atoms with Crippen LogP contribution >= 0.6 is 0 Å². The molecule has 1 aliphatic heterocycles. The van der Waals surface area contributed by atoms with E-state index in [0.717, 1.165) is 28.3 Å². The zero-order valence-electron chi connectivity index (χ0n) is 20.1. The monoisotopic (exact) mass is 491 g/mol. The van der Waals surface area contributed by atoms with Gasteiger partial charge in [-0.3, -0.25) is 9.59 Å². The van der Waals surface area contributed by atoms with E-state index in [0.29, 0.717) is 17.7 Å². The highest BCUT2D eigenvalue weighted by atomic mass is 32.2. The summed E-state index contributed by atoms with van der Waals surface area (Å²) < 4.78 is 52.0. The first-order chi connectivity index (χ1) is 16.0. The Bertz CT molecular complexity index is 1190. The predicted octanol–water partition coefficient (Wildman–Crippen LogP) is 3.89. The Morgan fingerprint density at radius 2 is 1.62 bits per heavy atom. The number of nitrogens with zero attached hydrogens (tertiary/aromatic N) is 1. The summed E-state index contributed by atoms with van der Waals surface area (Å²) in [4.78, 5) is 25.3. The van der Waals surface area contributed by atoms with Gasteiger partial charge in [0.2, 0.25) is 15.8 Å². The molecule has 0 bridgehead atoms. The lowest BCUT2D eigenvalue weighted by molar-refractivity contribution is -0.148. The second-order valence-corrected chi connectivity index (χ2v) is 10.5. The first-order valence-electron chi connectivity index (χ1n) is 11.1. The second kappa shape index (κ2) is 10.2. The van der Waals surface area contributed by atoms with Gasteiger partial charge in [0.25, 0.3) is 0 Å². The van der Waals surface area contributed by atoms with Gasteiger partial charge < -0.3 is 9.47 Å². The fourth-order valence-electron chi connectivity index (χ4n) is 4.26. The molecule has 2 aromatic rings. The summed E-state index contributed by atoms with van der Waals surface area (Å²) in [6, 6.07) is 5.52. The average molecular weight is 492 g/mol. The highest BCUT2D eigenvalue weighted by Gasteiger charge is 2.35. The van der Waals surface area contributed by atoms with Crippen molar-refractivity contribution in [2.24, 2.45) is 5.92 Å². The molecule has 1 saturated heterocycles. The van der Waals surface area contributed by atoms with Crippen molar-refractivity contribution in [3.63, 3.8) is 0 Å². The number of hydrogen-bond acceptors (Lipinski definition) is 6. The third-order valence-corrected chi connectivity index (χ3v) is 8.66. The smallest absolute Gasteiger partial charge is 0.309 e. The highest BCUT2D eigenvalue weighted by molar-refractivity contribution is 7.89. The van der Waals surface area contributed by atoms with Crippen LogP contribution in [0.2, 0.25) is 0 Å². The van der Waals surface area contributed by atoms with Crippen molar-refractivity contribution in [2.75, 3.05) is 26.8 Å². The topological polar surface area (TPSA) is 90.0 Å². The van der Waals surface area contributed by atoms with Gasteiger partial charge in [-0.2, -0.15) is 4.31 Å². The summed E-state index contributed by atoms with van der Waals surface area (Å²) in [6.45, 7) is 7.22. The van der Waals surface area contributed by atoms with Gasteiger partial charge in [-0.15, -0.1) is 0 Å². The number of ketones is 1. The largest absolute Gasteiger partial charge is 0.496 e. The van der Waals surface area contributed by atoms with Crippen LogP contribution in [-0.4, -0.2) is 51.3 Å². The Morgan fingerprint density at radius 1 is 1.03 bits per heavy atom. The fourth-order valence-corrected chi connectivity index (χ4v) is 6.30. The molecule has 0 saturated carbocycles. The third-order valence-electron chi connectivity index (χ3n) is 6.49. The summed E-state index contributed by atoms with van der Waals surface area (Å²) in [6.07, 6.45) is 0.580. The van der Waals surface area contributed by atoms with Gasteiger partial charge in [-0.1, -0.05) is 6.07 Å². The Balaban J connectivity index is 1.64. The van der Waals surface area contributed by atoms with Crippen LogP contribution in [0.25, 0.3) is 0 Å². The van der Waals surface area contributed by atoms with Crippen LogP contribution in [0.15, 0.2) is 29.2 Å². The van der Waals surface area contributed by atoms with Gasteiger partial charge in [0.05, 0.1) is 23.5 Å². The minimum Gasteiger partial charge on any atom is -0.496 e. The van der Waals surface area contributed by atoms with E-state index in [1.54, 1.807) is 0 Å². The molecule has 0 unspecified atom stereocenters. The zero-order chi connectivity index (χ0) is 25.2. The van der Waals surface area contributed by atoms with E-state index in [-0.39, 0.29) is 24.4 Å². The summed E-state index contributed by atoms with van der Waals surface area (Å²) >= 11 is 0. The van der Waals surface area contributed by atoms with Crippen molar-refractivity contribution in [1.29, 1.82) is 0 Å². The number of piperidine rings is 1. The van der Waals surface area contributed by atoms with Gasteiger partial charge in [-0.25, -0.2) is 12.8 Å². The van der Waals surface area contributed by atoms with Crippen LogP contribution in [0.3, 0.4) is 0 Å². The van der Waals surface area contributed by atoms with Crippen molar-refractivity contribution in [1.82, 2.24) is 4.31 Å². The molecular formula is C25H30FNO6S. The van der Waals surface area contributed by atoms with Crippen LogP contribution in [0, 0.1) is 39.4 Å². The van der Waals surface area contributed by atoms with E-state index in [9.17, 15) is 22.4 Å². The van der Waals surface area contributed by atoms with Gasteiger partial charge >= 0.3 is 5.97 Å². The number of ether oxygens (including phenoxy) is 2. The molecular weight excluding hydrogens is 461 g/mol. The van der Waals surface area contributed by atoms with E-state index in [1.165, 1.54) is 23.5 Å². The number of carbonyl (C=O) groups excluding carboxylic acids is 2. The molecule has 1 fully saturated rings. The molecule has 0 atom stereocenters. The number of hydrogen-bond donors (Lipinski definition) is 0. The molecule has 3 rings (SSSR count). The van der Waals surface area contributed by atoms with E-state index in [1.807, 2.05) is 33.8 Å². The number of Topliss-reactive ketones (excluding diaryl/α,β-unsaturated/α-hetero) is 1. The van der Waals surface area contributed by atoms with Crippen LogP contribution in [0.1, 0.15) is 45.5 Å². The summed E-state index contributed by atoms with van der Waals surface area (Å²) in [7, 11) is -2.35. The van der Waals surface area contributed by atoms with E-state index in [4.69, 9.17) is 9.47 Å². The van der Waals surface area contributed by atoms with Crippen molar-refractivity contribution in [3.05, 3.63) is 57.9 Å². The highest BCUT2D eigenvalue weighted by Crippen LogP contribution is 2.31. The predicted molar refractivity (Wildman–Crippen MR) is 125 cm³/mol. The van der Waals surface area contributed by atoms with Gasteiger partial charge in [0.15, 0.2) is 6.61 Å². The lowest BCUT2D eigenvalue weighted by Crippen LogP contribution is -2.41. The number of benzene rings is 2. The number of rotatable bonds is 7. The molecule has 1 heterocycles. The Hall–Kier alpha value is -2.78. The minimum absolute atomic E-state index is 0.00426. The first kappa shape index (κ1) is 25.8. The first-order valence-corrected chi connectivity index (χ1v) is 12.5. The molecule has 0 amide bonds. The molecule has 0 N–H and O–H groups in total. The Morgan fingerprint density at radius 3 is 2.18 bits per heavy atom. The fraction of sp³-hybridized carbons (Fsp3) is 0.440. The summed E-state index contributed by atoms with van der Waals surface area (Å²) in [5.41, 5.74) is 3.29. The van der Waals surface area contributed by atoms with Crippen molar-refractivity contribution >= 4 is 21.8 Å². The van der Waals surface area contributed by atoms with Gasteiger partial charge in [0, 0.05) is 13.1 Å². The molecule has 0 spiro atoms. The van der Waals surface area contributed by atoms with Gasteiger partial charge in [0.1, 0.15) is 11.6 Å². The Labute approximate surface area is 199 Å². The number of carbonyl (C=O) groups is 2. The van der Waals surface area contributed by atoms with Crippen LogP contribution < -0.4 is 4.74 Å². The second-order valence-electron chi connectivity index (χ2n) is 8.64. The van der Waals surface area contributed by atoms with Crippen LogP contribution in [-0.2, 0) is 19.6 Å². The molecule has 9 heteroatoms. The minimum atomic E-state index is -3.71. The molecule has 2 aromatic carbocycles. The van der Waals surface area contributed by atoms with E-state index in [2.05, 4.69) is 0 Å². The maximum absolute atomic E-state index is 13.5. The number of methoxy groups -OCH3 is 1. The van der Waals surface area contributed by atoms with Crippen molar-refractivity contribution < 1.29 is 31.9 Å². The molecule has 0 aliphatic carbocycles. The molecule has 184 valence electrons. The molecule has 34 heavy (non-hydrogen) atoms. The molecule has 0 aromatic heterocycles.